The van der Waals surface area contributed by atoms with Crippen molar-refractivity contribution in [3.63, 3.8) is 0 Å². The van der Waals surface area contributed by atoms with Gasteiger partial charge in [-0.05, 0) is 18.4 Å². The summed E-state index contributed by atoms with van der Waals surface area (Å²) in [4.78, 5) is 25.3. The van der Waals surface area contributed by atoms with E-state index in [1.807, 2.05) is 30.3 Å². The molecule has 0 aromatic heterocycles. The smallest absolute Gasteiger partial charge is 0.237 e. The zero-order valence-electron chi connectivity index (χ0n) is 11.7. The van der Waals surface area contributed by atoms with Crippen LogP contribution in [0.1, 0.15) is 18.4 Å². The fourth-order valence-corrected chi connectivity index (χ4v) is 2.77. The fourth-order valence-electron chi connectivity index (χ4n) is 2.77. The molecular formula is C15H20N2O3. The summed E-state index contributed by atoms with van der Waals surface area (Å²) in [6, 6.07) is 9.69. The molecular weight excluding hydrogens is 256 g/mol. The molecule has 2 amide bonds. The van der Waals surface area contributed by atoms with E-state index in [1.54, 1.807) is 7.05 Å². The highest BCUT2D eigenvalue weighted by Gasteiger charge is 2.43. The van der Waals surface area contributed by atoms with E-state index in [0.29, 0.717) is 26.1 Å². The Bertz CT molecular complexity index is 481. The van der Waals surface area contributed by atoms with Gasteiger partial charge in [-0.25, -0.2) is 0 Å². The first kappa shape index (κ1) is 14.5. The Morgan fingerprint density at radius 1 is 1.25 bits per heavy atom. The Morgan fingerprint density at radius 2 is 1.85 bits per heavy atom. The van der Waals surface area contributed by atoms with Gasteiger partial charge >= 0.3 is 0 Å². The van der Waals surface area contributed by atoms with Crippen LogP contribution in [0, 0.1) is 0 Å². The van der Waals surface area contributed by atoms with Crippen molar-refractivity contribution in [2.45, 2.75) is 18.3 Å². The molecule has 1 saturated heterocycles. The van der Waals surface area contributed by atoms with E-state index in [9.17, 15) is 9.59 Å². The molecule has 2 rings (SSSR count). The van der Waals surface area contributed by atoms with Crippen molar-refractivity contribution in [1.82, 2.24) is 4.90 Å². The first-order valence-electron chi connectivity index (χ1n) is 6.73. The van der Waals surface area contributed by atoms with E-state index < -0.39 is 11.3 Å². The zero-order chi connectivity index (χ0) is 14.6. The fraction of sp³-hybridized carbons (Fsp3) is 0.467. The molecule has 1 aromatic rings. The van der Waals surface area contributed by atoms with Gasteiger partial charge in [-0.1, -0.05) is 30.3 Å². The number of benzene rings is 1. The lowest BCUT2D eigenvalue weighted by molar-refractivity contribution is -0.142. The van der Waals surface area contributed by atoms with Crippen LogP contribution in [-0.4, -0.2) is 43.5 Å². The normalized spacial score (nSPS) is 17.4. The molecule has 20 heavy (non-hydrogen) atoms. The van der Waals surface area contributed by atoms with E-state index in [1.165, 1.54) is 4.90 Å². The number of rotatable bonds is 4. The van der Waals surface area contributed by atoms with Crippen LogP contribution in [0.2, 0.25) is 0 Å². The molecule has 108 valence electrons. The predicted octanol–water partition coefficient (Wildman–Crippen LogP) is 0.679. The number of likely N-dealkylation sites (N-methyl/N-ethyl adjacent to an activating group) is 1. The van der Waals surface area contributed by atoms with Crippen LogP contribution in [0.25, 0.3) is 0 Å². The zero-order valence-corrected chi connectivity index (χ0v) is 11.7. The summed E-state index contributed by atoms with van der Waals surface area (Å²) in [6.45, 7) is 1.03. The van der Waals surface area contributed by atoms with E-state index >= 15 is 0 Å². The summed E-state index contributed by atoms with van der Waals surface area (Å²) >= 11 is 0. The number of amides is 2. The highest BCUT2D eigenvalue weighted by atomic mass is 16.5. The molecule has 1 aliphatic rings. The number of nitrogens with two attached hydrogens (primary N) is 1. The third kappa shape index (κ3) is 2.82. The van der Waals surface area contributed by atoms with Gasteiger partial charge in [0.25, 0.3) is 0 Å². The van der Waals surface area contributed by atoms with Crippen molar-refractivity contribution < 1.29 is 14.3 Å². The number of primary amides is 1. The van der Waals surface area contributed by atoms with Crippen LogP contribution in [0.5, 0.6) is 0 Å². The van der Waals surface area contributed by atoms with Gasteiger partial charge in [0.05, 0.1) is 12.0 Å². The highest BCUT2D eigenvalue weighted by Crippen LogP contribution is 2.36. The molecule has 5 heteroatoms. The van der Waals surface area contributed by atoms with E-state index in [-0.39, 0.29) is 12.5 Å². The Morgan fingerprint density at radius 3 is 2.40 bits per heavy atom. The van der Waals surface area contributed by atoms with Gasteiger partial charge in [0.15, 0.2) is 0 Å². The second-order valence-corrected chi connectivity index (χ2v) is 5.19. The van der Waals surface area contributed by atoms with Gasteiger partial charge < -0.3 is 15.4 Å². The van der Waals surface area contributed by atoms with Crippen molar-refractivity contribution in [2.24, 2.45) is 5.73 Å². The lowest BCUT2D eigenvalue weighted by atomic mass is 9.73. The number of nitrogens with zero attached hydrogens (tertiary/aromatic N) is 1. The number of hydrogen-bond donors (Lipinski definition) is 1. The molecule has 0 radical (unpaired) electrons. The SMILES string of the molecule is CN(CC(N)=O)C(=O)C1(c2ccccc2)CCOCC1. The van der Waals surface area contributed by atoms with Crippen LogP contribution < -0.4 is 5.73 Å². The second-order valence-electron chi connectivity index (χ2n) is 5.19. The van der Waals surface area contributed by atoms with Crippen LogP contribution in [-0.2, 0) is 19.7 Å². The maximum atomic E-state index is 12.8. The maximum Gasteiger partial charge on any atom is 0.237 e. The van der Waals surface area contributed by atoms with Crippen molar-refractivity contribution in [1.29, 1.82) is 0 Å². The van der Waals surface area contributed by atoms with Crippen molar-refractivity contribution in [2.75, 3.05) is 26.8 Å². The molecule has 0 unspecified atom stereocenters. The number of ether oxygens (including phenoxy) is 1. The minimum atomic E-state index is -0.607. The first-order chi connectivity index (χ1) is 9.56. The van der Waals surface area contributed by atoms with Gasteiger partial charge in [0.2, 0.25) is 11.8 Å². The Kier molecular flexibility index (Phi) is 4.39. The molecule has 0 bridgehead atoms. The lowest BCUT2D eigenvalue weighted by Crippen LogP contribution is -2.50. The summed E-state index contributed by atoms with van der Waals surface area (Å²) in [5.41, 5.74) is 5.55. The molecule has 1 fully saturated rings. The molecule has 5 nitrogen and oxygen atoms in total. The van der Waals surface area contributed by atoms with E-state index in [0.717, 1.165) is 5.56 Å². The average molecular weight is 276 g/mol. The third-order valence-electron chi connectivity index (χ3n) is 3.82. The first-order valence-corrected chi connectivity index (χ1v) is 6.73. The number of carbonyl (C=O) groups is 2. The van der Waals surface area contributed by atoms with Crippen molar-refractivity contribution in [3.05, 3.63) is 35.9 Å². The topological polar surface area (TPSA) is 72.6 Å². The van der Waals surface area contributed by atoms with Crippen molar-refractivity contribution in [3.8, 4) is 0 Å². The van der Waals surface area contributed by atoms with Crippen molar-refractivity contribution >= 4 is 11.8 Å². The summed E-state index contributed by atoms with van der Waals surface area (Å²) in [6.07, 6.45) is 1.25. The van der Waals surface area contributed by atoms with Gasteiger partial charge in [0.1, 0.15) is 0 Å². The summed E-state index contributed by atoms with van der Waals surface area (Å²) in [5, 5.41) is 0. The highest BCUT2D eigenvalue weighted by molar-refractivity contribution is 5.91. The minimum absolute atomic E-state index is 0.0612. The Hall–Kier alpha value is -1.88. The lowest BCUT2D eigenvalue weighted by Gasteiger charge is -2.38. The molecule has 1 aromatic carbocycles. The standard InChI is InChI=1S/C15H20N2O3/c1-17(11-13(16)18)14(19)15(7-9-20-10-8-15)12-5-3-2-4-6-12/h2-6H,7-11H2,1H3,(H2,16,18). The van der Waals surface area contributed by atoms with E-state index in [2.05, 4.69) is 0 Å². The molecule has 0 atom stereocenters. The average Bonchev–Trinajstić information content (AvgIpc) is 2.47. The van der Waals surface area contributed by atoms with Gasteiger partial charge in [0, 0.05) is 20.3 Å². The minimum Gasteiger partial charge on any atom is -0.381 e. The van der Waals surface area contributed by atoms with Gasteiger partial charge in [-0.15, -0.1) is 0 Å². The molecule has 2 N–H and O–H groups in total. The largest absolute Gasteiger partial charge is 0.381 e. The maximum absolute atomic E-state index is 12.8. The Labute approximate surface area is 118 Å². The van der Waals surface area contributed by atoms with Gasteiger partial charge in [-0.3, -0.25) is 9.59 Å². The van der Waals surface area contributed by atoms with E-state index in [4.69, 9.17) is 10.5 Å². The Balaban J connectivity index is 2.32. The van der Waals surface area contributed by atoms with Crippen LogP contribution in [0.15, 0.2) is 30.3 Å². The summed E-state index contributed by atoms with van der Waals surface area (Å²) in [5.74, 6) is -0.568. The summed E-state index contributed by atoms with van der Waals surface area (Å²) < 4.78 is 5.39. The van der Waals surface area contributed by atoms with Crippen LogP contribution >= 0.6 is 0 Å². The molecule has 1 heterocycles. The summed E-state index contributed by atoms with van der Waals surface area (Å²) in [7, 11) is 1.62. The van der Waals surface area contributed by atoms with Gasteiger partial charge in [-0.2, -0.15) is 0 Å². The molecule has 0 aliphatic carbocycles. The molecule has 1 aliphatic heterocycles. The number of hydrogen-bond acceptors (Lipinski definition) is 3. The monoisotopic (exact) mass is 276 g/mol. The number of carbonyl (C=O) groups excluding carboxylic acids is 2. The second kappa shape index (κ2) is 6.05. The predicted molar refractivity (Wildman–Crippen MR) is 75.0 cm³/mol. The third-order valence-corrected chi connectivity index (χ3v) is 3.82. The molecule has 0 saturated carbocycles. The van der Waals surface area contributed by atoms with Crippen LogP contribution in [0.3, 0.4) is 0 Å². The quantitative estimate of drug-likeness (QED) is 0.879. The van der Waals surface area contributed by atoms with Crippen LogP contribution in [0.4, 0.5) is 0 Å². The molecule has 0 spiro atoms.